The van der Waals surface area contributed by atoms with E-state index < -0.39 is 48.1 Å². The average Bonchev–Trinajstić information content (AvgIpc) is 2.42. The molecule has 126 valence electrons. The van der Waals surface area contributed by atoms with Gasteiger partial charge in [-0.15, -0.1) is 0 Å². The predicted molar refractivity (Wildman–Crippen MR) is 92.0 cm³/mol. The number of hydrogen-bond donors (Lipinski definition) is 0. The highest BCUT2D eigenvalue weighted by Crippen LogP contribution is 2.20. The minimum atomic E-state index is -2.52. The predicted octanol–water partition coefficient (Wildman–Crippen LogP) is -1.28. The van der Waals surface area contributed by atoms with E-state index in [0.717, 1.165) is 18.5 Å². The molecule has 7 nitrogen and oxygen atoms in total. The molecule has 0 bridgehead atoms. The van der Waals surface area contributed by atoms with Crippen molar-refractivity contribution >= 4 is 48.1 Å². The van der Waals surface area contributed by atoms with E-state index in [1.165, 1.54) is 0 Å². The van der Waals surface area contributed by atoms with Gasteiger partial charge < -0.3 is 29.7 Å². The fourth-order valence-corrected chi connectivity index (χ4v) is 14.0. The Bertz CT molecular complexity index is 238. The summed E-state index contributed by atoms with van der Waals surface area (Å²) in [5.41, 5.74) is 0. The molecule has 0 unspecified atom stereocenters. The van der Waals surface area contributed by atoms with Crippen molar-refractivity contribution < 1.29 is 29.7 Å². The molecule has 0 atom stereocenters. The zero-order chi connectivity index (χ0) is 15.4. The fraction of sp³-hybridized carbons (Fsp3) is 1.00. The van der Waals surface area contributed by atoms with Crippen LogP contribution in [-0.4, -0.2) is 67.9 Å². The lowest BCUT2D eigenvalue weighted by atomic mass is 10.6. The highest BCUT2D eigenvalue weighted by Gasteiger charge is 2.40. The van der Waals surface area contributed by atoms with Gasteiger partial charge in [0, 0.05) is 25.9 Å². The summed E-state index contributed by atoms with van der Waals surface area (Å²) >= 11 is 0. The Balaban J connectivity index is 2.39. The summed E-state index contributed by atoms with van der Waals surface area (Å²) in [6.45, 7) is 7.78. The van der Waals surface area contributed by atoms with E-state index in [9.17, 15) is 0 Å². The van der Waals surface area contributed by atoms with Crippen molar-refractivity contribution in [1.29, 1.82) is 0 Å². The van der Waals surface area contributed by atoms with E-state index in [1.807, 2.05) is 20.8 Å². The van der Waals surface area contributed by atoms with Gasteiger partial charge in [-0.25, -0.2) is 0 Å². The first-order valence-electron chi connectivity index (χ1n) is 7.56. The third-order valence-electron chi connectivity index (χ3n) is 2.86. The molecular weight excluding hydrogens is 361 g/mol. The van der Waals surface area contributed by atoms with Gasteiger partial charge in [-0.2, -0.15) is 0 Å². The van der Waals surface area contributed by atoms with Crippen molar-refractivity contribution in [2.24, 2.45) is 0 Å². The summed E-state index contributed by atoms with van der Waals surface area (Å²) in [5, 5.41) is 0. The molecule has 12 heteroatoms. The quantitative estimate of drug-likeness (QED) is 0.432. The Labute approximate surface area is 137 Å². The molecule has 1 aliphatic rings. The second kappa shape index (κ2) is 12.3. The van der Waals surface area contributed by atoms with Gasteiger partial charge >= 0.3 is 18.1 Å². The van der Waals surface area contributed by atoms with Crippen LogP contribution in [-0.2, 0) is 29.7 Å². The molecule has 1 rings (SSSR count). The Hall–Kier alpha value is 0.804. The zero-order valence-electron chi connectivity index (χ0n) is 13.3. The molecule has 1 heterocycles. The standard InChI is InChI=1S/C9H28O7Si5/c1-4-10-21(11-5-2,12-6-3)9-7-8-20-15-18-13-17-14-19-16-20/h20H,4-9,17-19H2,1-3H3. The molecule has 0 aliphatic carbocycles. The van der Waals surface area contributed by atoms with Gasteiger partial charge in [-0.3, -0.25) is 0 Å². The highest BCUT2D eigenvalue weighted by molar-refractivity contribution is 6.62. The van der Waals surface area contributed by atoms with E-state index in [-0.39, 0.29) is 0 Å². The summed E-state index contributed by atoms with van der Waals surface area (Å²) in [4.78, 5) is 0. The van der Waals surface area contributed by atoms with E-state index >= 15 is 0 Å². The monoisotopic (exact) mass is 388 g/mol. The maximum atomic E-state index is 5.85. The zero-order valence-corrected chi connectivity index (χ0v) is 19.7. The van der Waals surface area contributed by atoms with E-state index in [2.05, 4.69) is 0 Å². The second-order valence-corrected chi connectivity index (χ2v) is 15.2. The van der Waals surface area contributed by atoms with Crippen LogP contribution in [0, 0.1) is 0 Å². The van der Waals surface area contributed by atoms with E-state index in [0.29, 0.717) is 19.8 Å². The molecule has 0 saturated carbocycles. The average molecular weight is 389 g/mol. The van der Waals surface area contributed by atoms with Crippen LogP contribution in [0.2, 0.25) is 12.1 Å². The smallest absolute Gasteiger partial charge is 0.425 e. The molecule has 0 N–H and O–H groups in total. The Morgan fingerprint density at radius 1 is 0.857 bits per heavy atom. The molecule has 0 spiro atoms. The molecule has 0 aromatic rings. The van der Waals surface area contributed by atoms with Crippen molar-refractivity contribution in [1.82, 2.24) is 0 Å². The van der Waals surface area contributed by atoms with Crippen molar-refractivity contribution in [2.45, 2.75) is 39.3 Å². The summed E-state index contributed by atoms with van der Waals surface area (Å²) in [5.74, 6) is 0. The third-order valence-corrected chi connectivity index (χ3v) is 13.6. The molecule has 0 amide bonds. The maximum Gasteiger partial charge on any atom is 0.500 e. The number of hydrogen-bond acceptors (Lipinski definition) is 7. The van der Waals surface area contributed by atoms with Crippen LogP contribution in [0.25, 0.3) is 0 Å². The lowest BCUT2D eigenvalue weighted by Crippen LogP contribution is -2.46. The van der Waals surface area contributed by atoms with Gasteiger partial charge in [-0.1, -0.05) is 0 Å². The van der Waals surface area contributed by atoms with Gasteiger partial charge in [0.1, 0.15) is 0 Å². The second-order valence-electron chi connectivity index (χ2n) is 4.40. The largest absolute Gasteiger partial charge is 0.500 e. The topological polar surface area (TPSA) is 64.6 Å². The lowest BCUT2D eigenvalue weighted by molar-refractivity contribution is 0.0711. The van der Waals surface area contributed by atoms with Crippen LogP contribution in [0.15, 0.2) is 0 Å². The van der Waals surface area contributed by atoms with Crippen molar-refractivity contribution in [3.8, 4) is 0 Å². The molecule has 1 fully saturated rings. The Morgan fingerprint density at radius 3 is 1.86 bits per heavy atom. The first-order valence-corrected chi connectivity index (χ1v) is 14.7. The SMILES string of the molecule is CCO[Si](CCC[SiH]1O[SiH2]O[SiH2]O[SiH2]O1)(OCC)OCC. The van der Waals surface area contributed by atoms with Gasteiger partial charge in [0.25, 0.3) is 30.0 Å². The van der Waals surface area contributed by atoms with Crippen LogP contribution in [0.3, 0.4) is 0 Å². The summed E-state index contributed by atoms with van der Waals surface area (Å²) in [6, 6.07) is 1.76. The van der Waals surface area contributed by atoms with Gasteiger partial charge in [0.15, 0.2) is 0 Å². The summed E-state index contributed by atoms with van der Waals surface area (Å²) in [7, 11) is -6.66. The van der Waals surface area contributed by atoms with Crippen LogP contribution in [0.5, 0.6) is 0 Å². The number of rotatable bonds is 10. The first kappa shape index (κ1) is 19.9. The lowest BCUT2D eigenvalue weighted by Gasteiger charge is -2.29. The van der Waals surface area contributed by atoms with Crippen molar-refractivity contribution in [2.75, 3.05) is 19.8 Å². The summed E-state index contributed by atoms with van der Waals surface area (Å²) in [6.07, 6.45) is 0.948. The van der Waals surface area contributed by atoms with Crippen LogP contribution in [0.1, 0.15) is 27.2 Å². The van der Waals surface area contributed by atoms with Crippen molar-refractivity contribution in [3.05, 3.63) is 0 Å². The summed E-state index contributed by atoms with van der Waals surface area (Å²) < 4.78 is 40.0. The first-order chi connectivity index (χ1) is 10.3. The van der Waals surface area contributed by atoms with Crippen LogP contribution < -0.4 is 0 Å². The van der Waals surface area contributed by atoms with Gasteiger partial charge in [-0.05, 0) is 33.2 Å². The molecule has 21 heavy (non-hydrogen) atoms. The fourth-order valence-electron chi connectivity index (χ4n) is 2.08. The molecule has 1 saturated heterocycles. The van der Waals surface area contributed by atoms with Gasteiger partial charge in [0.2, 0.25) is 0 Å². The normalized spacial score (nSPS) is 24.4. The molecule has 0 radical (unpaired) electrons. The molecule has 0 aromatic carbocycles. The Kier molecular flexibility index (Phi) is 11.6. The molecular formula is C9H28O7Si5. The minimum Gasteiger partial charge on any atom is -0.425 e. The van der Waals surface area contributed by atoms with Crippen molar-refractivity contribution in [3.63, 3.8) is 0 Å². The molecule has 0 aromatic heterocycles. The van der Waals surface area contributed by atoms with E-state index in [4.69, 9.17) is 29.7 Å². The highest BCUT2D eigenvalue weighted by atomic mass is 28.4. The maximum absolute atomic E-state index is 5.85. The minimum absolute atomic E-state index is 0.617. The molecule has 1 aliphatic heterocycles. The Morgan fingerprint density at radius 2 is 1.38 bits per heavy atom. The van der Waals surface area contributed by atoms with Crippen LogP contribution >= 0.6 is 0 Å². The van der Waals surface area contributed by atoms with E-state index in [1.54, 1.807) is 0 Å². The van der Waals surface area contributed by atoms with Gasteiger partial charge in [0.05, 0.1) is 0 Å². The van der Waals surface area contributed by atoms with Crippen LogP contribution in [0.4, 0.5) is 0 Å². The third kappa shape index (κ3) is 8.28.